The Hall–Kier alpha value is -1.38. The minimum absolute atomic E-state index is 0.173. The lowest BCUT2D eigenvalue weighted by Crippen LogP contribution is -2.44. The summed E-state index contributed by atoms with van der Waals surface area (Å²) in [5, 5.41) is 2.99. The summed E-state index contributed by atoms with van der Waals surface area (Å²) in [4.78, 5) is 11.5. The lowest BCUT2D eigenvalue weighted by atomic mass is 9.77. The zero-order chi connectivity index (χ0) is 11.9. The Labute approximate surface area is 100 Å². The number of carbonyl (C=O) groups excluding carboxylic acids is 1. The molecular formula is C14H16FNO. The van der Waals surface area contributed by atoms with Crippen LogP contribution in [0.5, 0.6) is 0 Å². The van der Waals surface area contributed by atoms with Gasteiger partial charge in [-0.05, 0) is 48.8 Å². The fraction of sp³-hybridized carbons (Fsp3) is 0.500. The highest BCUT2D eigenvalue weighted by Gasteiger charge is 2.45. The first-order chi connectivity index (χ1) is 8.17. The molecule has 2 aliphatic rings. The van der Waals surface area contributed by atoms with E-state index in [1.165, 1.54) is 6.07 Å². The average Bonchev–Trinajstić information content (AvgIpc) is 2.65. The van der Waals surface area contributed by atoms with Crippen LogP contribution in [0.2, 0.25) is 0 Å². The van der Waals surface area contributed by atoms with Crippen LogP contribution in [0, 0.1) is 17.2 Å². The first kappa shape index (κ1) is 10.8. The number of benzene rings is 1. The van der Waals surface area contributed by atoms with Crippen molar-refractivity contribution in [2.45, 2.75) is 25.7 Å². The Morgan fingerprint density at radius 1 is 1.47 bits per heavy atom. The highest BCUT2D eigenvalue weighted by molar-refractivity contribution is 5.80. The Balaban J connectivity index is 1.79. The van der Waals surface area contributed by atoms with E-state index in [2.05, 4.69) is 5.32 Å². The van der Waals surface area contributed by atoms with Crippen molar-refractivity contribution < 1.29 is 9.18 Å². The number of amides is 1. The van der Waals surface area contributed by atoms with Crippen molar-refractivity contribution in [3.63, 3.8) is 0 Å². The zero-order valence-corrected chi connectivity index (χ0v) is 9.71. The number of fused-ring (bicyclic) bond motifs is 2. The van der Waals surface area contributed by atoms with E-state index in [9.17, 15) is 9.18 Å². The summed E-state index contributed by atoms with van der Waals surface area (Å²) in [7, 11) is 0. The van der Waals surface area contributed by atoms with Crippen LogP contribution in [0.1, 0.15) is 24.8 Å². The van der Waals surface area contributed by atoms with Gasteiger partial charge in [-0.3, -0.25) is 4.79 Å². The van der Waals surface area contributed by atoms with Gasteiger partial charge in [-0.15, -0.1) is 0 Å². The maximum atomic E-state index is 13.2. The molecule has 17 heavy (non-hydrogen) atoms. The molecule has 2 bridgehead atoms. The molecule has 1 amide bonds. The van der Waals surface area contributed by atoms with E-state index in [0.717, 1.165) is 37.8 Å². The third kappa shape index (κ3) is 1.94. The average molecular weight is 233 g/mol. The van der Waals surface area contributed by atoms with Crippen LogP contribution in [0.25, 0.3) is 0 Å². The fourth-order valence-electron chi connectivity index (χ4n) is 3.31. The molecule has 2 fully saturated rings. The van der Waals surface area contributed by atoms with Crippen LogP contribution < -0.4 is 5.32 Å². The van der Waals surface area contributed by atoms with Crippen molar-refractivity contribution in [3.8, 4) is 0 Å². The molecule has 1 N–H and O–H groups in total. The zero-order valence-electron chi connectivity index (χ0n) is 9.71. The predicted octanol–water partition coefficient (Wildman–Crippen LogP) is 2.28. The van der Waals surface area contributed by atoms with Crippen LogP contribution in [0.3, 0.4) is 0 Å². The molecule has 1 saturated carbocycles. The molecule has 1 aliphatic heterocycles. The van der Waals surface area contributed by atoms with Gasteiger partial charge in [0.1, 0.15) is 5.82 Å². The van der Waals surface area contributed by atoms with Crippen LogP contribution in [-0.4, -0.2) is 12.5 Å². The van der Waals surface area contributed by atoms with Gasteiger partial charge in [-0.2, -0.15) is 0 Å². The summed E-state index contributed by atoms with van der Waals surface area (Å²) in [5.41, 5.74) is 1.22. The van der Waals surface area contributed by atoms with Crippen molar-refractivity contribution >= 4 is 5.91 Å². The van der Waals surface area contributed by atoms with Gasteiger partial charge in [0.15, 0.2) is 0 Å². The molecule has 0 radical (unpaired) electrons. The van der Waals surface area contributed by atoms with Crippen molar-refractivity contribution in [2.75, 3.05) is 6.54 Å². The molecule has 2 unspecified atom stereocenters. The summed E-state index contributed by atoms with van der Waals surface area (Å²) in [6.45, 7) is 0.749. The first-order valence-corrected chi connectivity index (χ1v) is 6.19. The summed E-state index contributed by atoms with van der Waals surface area (Å²) < 4.78 is 13.2. The number of hydrogen-bond acceptors (Lipinski definition) is 1. The van der Waals surface area contributed by atoms with E-state index in [1.807, 2.05) is 6.07 Å². The van der Waals surface area contributed by atoms with Crippen molar-refractivity contribution in [3.05, 3.63) is 35.6 Å². The van der Waals surface area contributed by atoms with Crippen LogP contribution >= 0.6 is 0 Å². The number of carbonyl (C=O) groups is 1. The molecule has 90 valence electrons. The van der Waals surface area contributed by atoms with E-state index < -0.39 is 0 Å². The first-order valence-electron chi connectivity index (χ1n) is 6.19. The van der Waals surface area contributed by atoms with E-state index in [-0.39, 0.29) is 23.1 Å². The maximum Gasteiger partial charge on any atom is 0.223 e. The van der Waals surface area contributed by atoms with Crippen molar-refractivity contribution in [1.82, 2.24) is 5.32 Å². The normalized spacial score (nSPS) is 31.4. The smallest absolute Gasteiger partial charge is 0.223 e. The molecule has 1 aliphatic carbocycles. The molecule has 0 aromatic heterocycles. The lowest BCUT2D eigenvalue weighted by Gasteiger charge is -2.33. The maximum absolute atomic E-state index is 13.2. The van der Waals surface area contributed by atoms with E-state index in [1.54, 1.807) is 12.1 Å². The van der Waals surface area contributed by atoms with E-state index in [0.29, 0.717) is 0 Å². The standard InChI is InChI=1S/C14H16FNO/c15-12-3-1-2-10(6-12)7-14-5-4-11(8-14)13(17)16-9-14/h1-3,6,11H,4-5,7-9H2,(H,16,17). The van der Waals surface area contributed by atoms with Gasteiger partial charge in [-0.1, -0.05) is 12.1 Å². The summed E-state index contributed by atoms with van der Waals surface area (Å²) in [5.74, 6) is 0.225. The highest BCUT2D eigenvalue weighted by atomic mass is 19.1. The number of rotatable bonds is 2. The number of piperidine rings is 1. The summed E-state index contributed by atoms with van der Waals surface area (Å²) in [6, 6.07) is 6.82. The Morgan fingerprint density at radius 3 is 3.18 bits per heavy atom. The molecule has 1 saturated heterocycles. The summed E-state index contributed by atoms with van der Waals surface area (Å²) >= 11 is 0. The second-order valence-corrected chi connectivity index (χ2v) is 5.46. The van der Waals surface area contributed by atoms with Crippen LogP contribution in [0.4, 0.5) is 4.39 Å². The van der Waals surface area contributed by atoms with Gasteiger partial charge in [0.05, 0.1) is 0 Å². The van der Waals surface area contributed by atoms with E-state index >= 15 is 0 Å². The highest BCUT2D eigenvalue weighted by Crippen LogP contribution is 2.46. The molecule has 2 atom stereocenters. The molecular weight excluding hydrogens is 217 g/mol. The number of halogens is 1. The van der Waals surface area contributed by atoms with Gasteiger partial charge in [-0.25, -0.2) is 4.39 Å². The van der Waals surface area contributed by atoms with Crippen molar-refractivity contribution in [2.24, 2.45) is 11.3 Å². The topological polar surface area (TPSA) is 29.1 Å². The van der Waals surface area contributed by atoms with Gasteiger partial charge in [0.2, 0.25) is 5.91 Å². The lowest BCUT2D eigenvalue weighted by molar-refractivity contribution is -0.127. The third-order valence-corrected chi connectivity index (χ3v) is 4.18. The number of nitrogens with one attached hydrogen (secondary N) is 1. The Kier molecular flexibility index (Phi) is 2.42. The van der Waals surface area contributed by atoms with Gasteiger partial charge in [0.25, 0.3) is 0 Å². The summed E-state index contributed by atoms with van der Waals surface area (Å²) in [6.07, 6.45) is 3.91. The third-order valence-electron chi connectivity index (χ3n) is 4.18. The SMILES string of the molecule is O=C1NCC2(Cc3cccc(F)c3)CCC1C2. The molecule has 1 aromatic rings. The fourth-order valence-corrected chi connectivity index (χ4v) is 3.31. The molecule has 3 heteroatoms. The molecule has 1 aromatic carbocycles. The van der Waals surface area contributed by atoms with Gasteiger partial charge in [0, 0.05) is 12.5 Å². The minimum atomic E-state index is -0.173. The van der Waals surface area contributed by atoms with Gasteiger partial charge < -0.3 is 5.32 Å². The van der Waals surface area contributed by atoms with Crippen LogP contribution in [-0.2, 0) is 11.2 Å². The number of hydrogen-bond donors (Lipinski definition) is 1. The molecule has 0 spiro atoms. The second kappa shape index (κ2) is 3.83. The van der Waals surface area contributed by atoms with Crippen molar-refractivity contribution in [1.29, 1.82) is 0 Å². The monoisotopic (exact) mass is 233 g/mol. The Bertz CT molecular complexity index is 459. The van der Waals surface area contributed by atoms with Crippen LogP contribution in [0.15, 0.2) is 24.3 Å². The molecule has 2 nitrogen and oxygen atoms in total. The quantitative estimate of drug-likeness (QED) is 0.834. The molecule has 1 heterocycles. The second-order valence-electron chi connectivity index (χ2n) is 5.46. The minimum Gasteiger partial charge on any atom is -0.355 e. The Morgan fingerprint density at radius 2 is 2.35 bits per heavy atom. The largest absolute Gasteiger partial charge is 0.355 e. The molecule has 3 rings (SSSR count). The predicted molar refractivity (Wildman–Crippen MR) is 62.9 cm³/mol. The van der Waals surface area contributed by atoms with E-state index in [4.69, 9.17) is 0 Å². The van der Waals surface area contributed by atoms with Gasteiger partial charge >= 0.3 is 0 Å².